The Morgan fingerprint density at radius 1 is 0.571 bits per heavy atom. The van der Waals surface area contributed by atoms with Gasteiger partial charge in [-0.3, -0.25) is 0 Å². The van der Waals surface area contributed by atoms with Crippen molar-refractivity contribution < 1.29 is 32.2 Å². The van der Waals surface area contributed by atoms with Gasteiger partial charge in [0, 0.05) is 11.9 Å². The molecule has 0 saturated carbocycles. The van der Waals surface area contributed by atoms with Gasteiger partial charge in [-0.2, -0.15) is 0 Å². The fourth-order valence-electron chi connectivity index (χ4n) is 2.53. The number of halogens is 1. The van der Waals surface area contributed by atoms with Crippen molar-refractivity contribution in [2.75, 3.05) is 0 Å². The molecule has 0 aliphatic heterocycles. The number of hydrogen-bond donors (Lipinski definition) is 0. The molecule has 0 saturated heterocycles. The molecular formula is C22H38AlClO4. The zero-order chi connectivity index (χ0) is 19.9. The number of unbranched alkanes of at least 4 members (excludes halogenated alkanes) is 12. The van der Waals surface area contributed by atoms with Crippen LogP contribution in [0.1, 0.15) is 103 Å². The van der Waals surface area contributed by atoms with Crippen LogP contribution in [0.4, 0.5) is 0 Å². The number of carboxylic acids is 2. The Kier molecular flexibility index (Phi) is 38.4. The monoisotopic (exact) mass is 428 g/mol. The van der Waals surface area contributed by atoms with Crippen molar-refractivity contribution in [3.8, 4) is 0 Å². The van der Waals surface area contributed by atoms with E-state index in [1.807, 2.05) is 12.2 Å². The molecule has 0 bridgehead atoms. The van der Waals surface area contributed by atoms with Gasteiger partial charge in [0.2, 0.25) is 0 Å². The first-order valence-electron chi connectivity index (χ1n) is 10.2. The van der Waals surface area contributed by atoms with E-state index in [0.29, 0.717) is 0 Å². The van der Waals surface area contributed by atoms with E-state index >= 15 is 0 Å². The third-order valence-electron chi connectivity index (χ3n) is 4.08. The predicted molar refractivity (Wildman–Crippen MR) is 110 cm³/mol. The third-order valence-corrected chi connectivity index (χ3v) is 4.08. The molecular weight excluding hydrogens is 391 g/mol. The second-order valence-electron chi connectivity index (χ2n) is 6.64. The van der Waals surface area contributed by atoms with E-state index < -0.39 is 11.9 Å². The second kappa shape index (κ2) is 31.0. The summed E-state index contributed by atoms with van der Waals surface area (Å²) in [6, 6.07) is 0. The largest absolute Gasteiger partial charge is 3.00 e. The summed E-state index contributed by atoms with van der Waals surface area (Å²) in [7, 11) is 0. The molecule has 0 unspecified atom stereocenters. The maximum atomic E-state index is 10.1. The van der Waals surface area contributed by atoms with Crippen LogP contribution in [0.2, 0.25) is 0 Å². The molecule has 0 aromatic rings. The van der Waals surface area contributed by atoms with E-state index in [0.717, 1.165) is 51.4 Å². The van der Waals surface area contributed by atoms with Crippen LogP contribution in [0.25, 0.3) is 0 Å². The van der Waals surface area contributed by atoms with E-state index in [4.69, 9.17) is 0 Å². The van der Waals surface area contributed by atoms with Crippen LogP contribution >= 0.6 is 0 Å². The molecule has 0 radical (unpaired) electrons. The van der Waals surface area contributed by atoms with Gasteiger partial charge in [-0.15, -0.1) is 13.2 Å². The van der Waals surface area contributed by atoms with Crippen LogP contribution in [0.3, 0.4) is 0 Å². The molecule has 0 aliphatic carbocycles. The molecule has 28 heavy (non-hydrogen) atoms. The standard InChI is InChI=1S/2C11H20O2.Al.ClH/c2*1-2-3-4-5-6-7-8-9-10-11(12)13;;/h2*2H,1,3-10H2,(H,12,13);;1H/q;;+3;/p-3. The zero-order valence-electron chi connectivity index (χ0n) is 17.5. The van der Waals surface area contributed by atoms with Gasteiger partial charge in [-0.1, -0.05) is 63.5 Å². The molecule has 0 aliphatic rings. The number of carbonyl (C=O) groups is 2. The second-order valence-corrected chi connectivity index (χ2v) is 6.64. The molecule has 0 rings (SSSR count). The summed E-state index contributed by atoms with van der Waals surface area (Å²) in [4.78, 5) is 20.1. The fraction of sp³-hybridized carbons (Fsp3) is 0.727. The van der Waals surface area contributed by atoms with Crippen molar-refractivity contribution >= 4 is 29.3 Å². The first-order chi connectivity index (χ1) is 12.5. The fourth-order valence-corrected chi connectivity index (χ4v) is 2.53. The number of aliphatic carboxylic acids is 2. The molecule has 0 amide bonds. The Morgan fingerprint density at radius 3 is 1.07 bits per heavy atom. The quantitative estimate of drug-likeness (QED) is 0.183. The van der Waals surface area contributed by atoms with Crippen LogP contribution < -0.4 is 22.6 Å². The van der Waals surface area contributed by atoms with E-state index in [1.165, 1.54) is 38.5 Å². The third kappa shape index (κ3) is 40.1. The van der Waals surface area contributed by atoms with Gasteiger partial charge < -0.3 is 32.2 Å². The Morgan fingerprint density at radius 2 is 0.821 bits per heavy atom. The van der Waals surface area contributed by atoms with Crippen molar-refractivity contribution in [1.29, 1.82) is 0 Å². The molecule has 0 aromatic carbocycles. The average Bonchev–Trinajstić information content (AvgIpc) is 2.60. The average molecular weight is 429 g/mol. The van der Waals surface area contributed by atoms with Crippen molar-refractivity contribution in [3.05, 3.63) is 25.3 Å². The zero-order valence-corrected chi connectivity index (χ0v) is 19.4. The normalized spacial score (nSPS) is 9.14. The van der Waals surface area contributed by atoms with Crippen molar-refractivity contribution in [2.24, 2.45) is 0 Å². The smallest absolute Gasteiger partial charge is 1.00 e. The number of carboxylic acid groups (broad SMARTS) is 2. The summed E-state index contributed by atoms with van der Waals surface area (Å²) in [6.45, 7) is 7.31. The van der Waals surface area contributed by atoms with E-state index in [2.05, 4.69) is 13.2 Å². The minimum absolute atomic E-state index is 0. The Hall–Kier alpha value is -0.758. The number of hydrogen-bond acceptors (Lipinski definition) is 4. The summed E-state index contributed by atoms with van der Waals surface area (Å²) < 4.78 is 0. The first-order valence-corrected chi connectivity index (χ1v) is 10.2. The van der Waals surface area contributed by atoms with Crippen LogP contribution in [-0.4, -0.2) is 29.3 Å². The minimum Gasteiger partial charge on any atom is -1.00 e. The van der Waals surface area contributed by atoms with E-state index in [1.54, 1.807) is 0 Å². The van der Waals surface area contributed by atoms with Gasteiger partial charge in [-0.25, -0.2) is 0 Å². The molecule has 6 heteroatoms. The molecule has 0 fully saturated rings. The summed E-state index contributed by atoms with van der Waals surface area (Å²) in [6.07, 6.45) is 19.7. The minimum atomic E-state index is -0.924. The van der Waals surface area contributed by atoms with Crippen LogP contribution in [0.15, 0.2) is 25.3 Å². The van der Waals surface area contributed by atoms with E-state index in [-0.39, 0.29) is 42.6 Å². The van der Waals surface area contributed by atoms with Crippen molar-refractivity contribution in [1.82, 2.24) is 0 Å². The first kappa shape index (κ1) is 34.7. The molecule has 160 valence electrons. The van der Waals surface area contributed by atoms with Gasteiger partial charge >= 0.3 is 17.4 Å². The van der Waals surface area contributed by atoms with Gasteiger partial charge in [0.15, 0.2) is 0 Å². The topological polar surface area (TPSA) is 80.3 Å². The Labute approximate surface area is 189 Å². The van der Waals surface area contributed by atoms with Crippen LogP contribution in [0.5, 0.6) is 0 Å². The molecule has 0 N–H and O–H groups in total. The number of carbonyl (C=O) groups excluding carboxylic acids is 2. The molecule has 0 heterocycles. The summed E-state index contributed by atoms with van der Waals surface area (Å²) in [5, 5.41) is 20.1. The van der Waals surface area contributed by atoms with Crippen molar-refractivity contribution in [3.63, 3.8) is 0 Å². The molecule has 0 atom stereocenters. The van der Waals surface area contributed by atoms with E-state index in [9.17, 15) is 19.8 Å². The summed E-state index contributed by atoms with van der Waals surface area (Å²) >= 11 is 0. The predicted octanol–water partition coefficient (Wildman–Crippen LogP) is 0.709. The maximum absolute atomic E-state index is 10.1. The number of rotatable bonds is 18. The maximum Gasteiger partial charge on any atom is 3.00 e. The molecule has 0 aromatic heterocycles. The van der Waals surface area contributed by atoms with Crippen molar-refractivity contribution in [2.45, 2.75) is 103 Å². The molecule has 0 spiro atoms. The Bertz CT molecular complexity index is 328. The summed E-state index contributed by atoms with van der Waals surface area (Å²) in [5.41, 5.74) is 0. The summed E-state index contributed by atoms with van der Waals surface area (Å²) in [5.74, 6) is -1.85. The van der Waals surface area contributed by atoms with Crippen LogP contribution in [0, 0.1) is 0 Å². The SMILES string of the molecule is C=CCCCCCCCCC(=O)[O-].C=CCCCCCCCCC(=O)[O-].[Al+3].[Cl-]. The number of allylic oxidation sites excluding steroid dienone is 2. The van der Waals surface area contributed by atoms with Gasteiger partial charge in [-0.05, 0) is 51.4 Å². The van der Waals surface area contributed by atoms with Gasteiger partial charge in [0.05, 0.1) is 0 Å². The Balaban J connectivity index is -0.000000192. The van der Waals surface area contributed by atoms with Crippen LogP contribution in [-0.2, 0) is 9.59 Å². The molecule has 4 nitrogen and oxygen atoms in total. The van der Waals surface area contributed by atoms with Gasteiger partial charge in [0.1, 0.15) is 0 Å². The van der Waals surface area contributed by atoms with Gasteiger partial charge in [0.25, 0.3) is 0 Å².